The van der Waals surface area contributed by atoms with Gasteiger partial charge in [0.25, 0.3) is 0 Å². The third-order valence-corrected chi connectivity index (χ3v) is 1.13. The Kier molecular flexibility index (Phi) is 1.30. The molecule has 1 aliphatic rings. The molecular formula is C2H7N5S. The van der Waals surface area contributed by atoms with Gasteiger partial charge in [-0.1, -0.05) is 5.23 Å². The largest absolute Gasteiger partial charge is 0.291 e. The van der Waals surface area contributed by atoms with Crippen molar-refractivity contribution in [3.05, 3.63) is 11.2 Å². The summed E-state index contributed by atoms with van der Waals surface area (Å²) in [4.78, 5) is 0. The Morgan fingerprint density at radius 2 is 2.25 bits per heavy atom. The SMILES string of the molecule is NN1NC=C(S)N1N. The lowest BCUT2D eigenvalue weighted by Crippen LogP contribution is -2.51. The van der Waals surface area contributed by atoms with E-state index >= 15 is 0 Å². The fraction of sp³-hybridized carbons (Fsp3) is 0. The van der Waals surface area contributed by atoms with Crippen LogP contribution >= 0.6 is 12.6 Å². The van der Waals surface area contributed by atoms with Crippen LogP contribution in [0.4, 0.5) is 0 Å². The second-order valence-corrected chi connectivity index (χ2v) is 1.78. The van der Waals surface area contributed by atoms with Gasteiger partial charge in [-0.05, 0) is 0 Å². The van der Waals surface area contributed by atoms with Crippen molar-refractivity contribution in [2.75, 3.05) is 0 Å². The van der Waals surface area contributed by atoms with Gasteiger partial charge in [0, 0.05) is 6.20 Å². The van der Waals surface area contributed by atoms with Crippen LogP contribution in [0.25, 0.3) is 0 Å². The zero-order valence-corrected chi connectivity index (χ0v) is 4.97. The Morgan fingerprint density at radius 1 is 1.62 bits per heavy atom. The summed E-state index contributed by atoms with van der Waals surface area (Å²) >= 11 is 3.92. The summed E-state index contributed by atoms with van der Waals surface area (Å²) in [5.41, 5.74) is 2.59. The van der Waals surface area contributed by atoms with E-state index in [4.69, 9.17) is 11.7 Å². The number of rotatable bonds is 0. The maximum absolute atomic E-state index is 5.25. The topological polar surface area (TPSA) is 70.5 Å². The third-order valence-electron chi connectivity index (χ3n) is 0.793. The molecule has 0 bridgehead atoms. The maximum atomic E-state index is 5.25. The monoisotopic (exact) mass is 133 g/mol. The van der Waals surface area contributed by atoms with Crippen molar-refractivity contribution >= 4 is 12.6 Å². The van der Waals surface area contributed by atoms with Crippen molar-refractivity contribution in [1.82, 2.24) is 15.8 Å². The van der Waals surface area contributed by atoms with Crippen LogP contribution < -0.4 is 17.1 Å². The van der Waals surface area contributed by atoms with Crippen LogP contribution in [-0.4, -0.2) is 10.3 Å². The number of nitrogens with one attached hydrogen (secondary N) is 1. The second kappa shape index (κ2) is 1.82. The average Bonchev–Trinajstić information content (AvgIpc) is 1.98. The van der Waals surface area contributed by atoms with Crippen molar-refractivity contribution in [1.29, 1.82) is 0 Å². The number of hydrazine groups is 4. The normalized spacial score (nSPS) is 20.9. The van der Waals surface area contributed by atoms with Crippen molar-refractivity contribution in [2.24, 2.45) is 11.7 Å². The van der Waals surface area contributed by atoms with Gasteiger partial charge in [-0.2, -0.15) is 0 Å². The van der Waals surface area contributed by atoms with Gasteiger partial charge in [0.1, 0.15) is 5.03 Å². The molecule has 8 heavy (non-hydrogen) atoms. The summed E-state index contributed by atoms with van der Waals surface area (Å²) < 4.78 is 0. The minimum atomic E-state index is 0.576. The summed E-state index contributed by atoms with van der Waals surface area (Å²) in [5.74, 6) is 10.4. The molecule has 0 atom stereocenters. The summed E-state index contributed by atoms with van der Waals surface area (Å²) in [6.07, 6.45) is 1.57. The van der Waals surface area contributed by atoms with Crippen LogP contribution in [0.1, 0.15) is 0 Å². The predicted molar refractivity (Wildman–Crippen MR) is 32.3 cm³/mol. The van der Waals surface area contributed by atoms with Crippen molar-refractivity contribution in [3.63, 3.8) is 0 Å². The first kappa shape index (κ1) is 5.70. The van der Waals surface area contributed by atoms with Gasteiger partial charge in [0.05, 0.1) is 0 Å². The molecule has 0 unspecified atom stereocenters. The van der Waals surface area contributed by atoms with Crippen LogP contribution in [0.15, 0.2) is 11.2 Å². The molecule has 5 N–H and O–H groups in total. The van der Waals surface area contributed by atoms with E-state index in [-0.39, 0.29) is 0 Å². The van der Waals surface area contributed by atoms with E-state index in [9.17, 15) is 0 Å². The fourth-order valence-corrected chi connectivity index (χ4v) is 0.517. The first-order chi connectivity index (χ1) is 3.72. The van der Waals surface area contributed by atoms with E-state index in [1.807, 2.05) is 0 Å². The Labute approximate surface area is 52.2 Å². The van der Waals surface area contributed by atoms with Crippen LogP contribution in [0, 0.1) is 0 Å². The smallest absolute Gasteiger partial charge is 0.121 e. The molecule has 46 valence electrons. The molecule has 0 aromatic carbocycles. The number of nitrogens with zero attached hydrogens (tertiary/aromatic N) is 2. The number of nitrogens with two attached hydrogens (primary N) is 2. The zero-order valence-electron chi connectivity index (χ0n) is 4.07. The van der Waals surface area contributed by atoms with Crippen molar-refractivity contribution in [2.45, 2.75) is 0 Å². The molecule has 1 rings (SSSR count). The molecule has 0 aromatic rings. The van der Waals surface area contributed by atoms with Gasteiger partial charge in [-0.3, -0.25) is 5.43 Å². The van der Waals surface area contributed by atoms with E-state index in [1.165, 1.54) is 5.12 Å². The molecule has 0 radical (unpaired) electrons. The average molecular weight is 133 g/mol. The first-order valence-corrected chi connectivity index (χ1v) is 2.41. The fourth-order valence-electron chi connectivity index (χ4n) is 0.363. The summed E-state index contributed by atoms with van der Waals surface area (Å²) in [6.45, 7) is 0. The van der Waals surface area contributed by atoms with E-state index in [0.717, 1.165) is 5.23 Å². The molecule has 0 spiro atoms. The van der Waals surface area contributed by atoms with Gasteiger partial charge in [0.15, 0.2) is 0 Å². The van der Waals surface area contributed by atoms with Gasteiger partial charge < -0.3 is 0 Å². The van der Waals surface area contributed by atoms with Crippen LogP contribution in [0.2, 0.25) is 0 Å². The molecule has 6 heteroatoms. The second-order valence-electron chi connectivity index (χ2n) is 1.32. The minimum absolute atomic E-state index is 0.576. The number of hydrogen-bond donors (Lipinski definition) is 4. The van der Waals surface area contributed by atoms with Crippen molar-refractivity contribution < 1.29 is 0 Å². The van der Waals surface area contributed by atoms with Crippen LogP contribution in [-0.2, 0) is 0 Å². The molecule has 0 saturated heterocycles. The predicted octanol–water partition coefficient (Wildman–Crippen LogP) is -1.50. The quantitative estimate of drug-likeness (QED) is 0.239. The molecule has 0 fully saturated rings. The highest BCUT2D eigenvalue weighted by Gasteiger charge is 2.12. The number of hydrogen-bond acceptors (Lipinski definition) is 6. The summed E-state index contributed by atoms with van der Waals surface area (Å²) in [5, 5.41) is 2.86. The van der Waals surface area contributed by atoms with Gasteiger partial charge in [-0.25, -0.2) is 16.8 Å². The Bertz CT molecular complexity index is 122. The third kappa shape index (κ3) is 0.736. The van der Waals surface area contributed by atoms with E-state index in [2.05, 4.69) is 18.1 Å². The van der Waals surface area contributed by atoms with Gasteiger partial charge >= 0.3 is 0 Å². The molecule has 5 nitrogen and oxygen atoms in total. The van der Waals surface area contributed by atoms with E-state index in [1.54, 1.807) is 6.20 Å². The lowest BCUT2D eigenvalue weighted by molar-refractivity contribution is 0.00224. The standard InChI is InChI=1S/C2H7N5S/c3-6-2(8)1-5-7(6)4/h1,5,8H,3-4H2. The first-order valence-electron chi connectivity index (χ1n) is 1.96. The van der Waals surface area contributed by atoms with Crippen LogP contribution in [0.5, 0.6) is 0 Å². The molecule has 0 saturated carbocycles. The molecular weight excluding hydrogens is 126 g/mol. The molecule has 0 aliphatic carbocycles. The van der Waals surface area contributed by atoms with E-state index < -0.39 is 0 Å². The van der Waals surface area contributed by atoms with Gasteiger partial charge in [-0.15, -0.1) is 12.6 Å². The highest BCUT2D eigenvalue weighted by Crippen LogP contribution is 2.06. The number of thiol groups is 1. The minimum Gasteiger partial charge on any atom is -0.291 e. The van der Waals surface area contributed by atoms with Crippen LogP contribution in [0.3, 0.4) is 0 Å². The maximum Gasteiger partial charge on any atom is 0.121 e. The molecule has 0 amide bonds. The Balaban J connectivity index is 2.59. The highest BCUT2D eigenvalue weighted by molar-refractivity contribution is 7.84. The lowest BCUT2D eigenvalue weighted by Gasteiger charge is -2.18. The summed E-state index contributed by atoms with van der Waals surface area (Å²) in [7, 11) is 0. The van der Waals surface area contributed by atoms with Crippen molar-refractivity contribution in [3.8, 4) is 0 Å². The molecule has 1 aliphatic heterocycles. The van der Waals surface area contributed by atoms with Gasteiger partial charge in [0.2, 0.25) is 0 Å². The molecule has 0 aromatic heterocycles. The Hall–Kier alpha value is -0.430. The Morgan fingerprint density at radius 3 is 2.38 bits per heavy atom. The molecule has 1 heterocycles. The zero-order chi connectivity index (χ0) is 6.15. The summed E-state index contributed by atoms with van der Waals surface area (Å²) in [6, 6.07) is 0. The van der Waals surface area contributed by atoms with E-state index in [0.29, 0.717) is 5.03 Å². The highest BCUT2D eigenvalue weighted by atomic mass is 32.1. The lowest BCUT2D eigenvalue weighted by atomic mass is 10.9.